The Bertz CT molecular complexity index is 2120. The molecule has 4 aliphatic heterocycles. The second-order valence-electron chi connectivity index (χ2n) is 15.9. The Morgan fingerprint density at radius 1 is 0.862 bits per heavy atom. The molecule has 0 radical (unpaired) electrons. The van der Waals surface area contributed by atoms with Crippen molar-refractivity contribution in [3.05, 3.63) is 76.2 Å². The smallest absolute Gasteiger partial charge is 0.271 e. The first-order chi connectivity index (χ1) is 28.1. The maximum Gasteiger partial charge on any atom is 0.271 e. The highest BCUT2D eigenvalue weighted by atomic mass is 35.5. The largest absolute Gasteiger partial charge is 0.490 e. The molecule has 1 atom stereocenters. The van der Waals surface area contributed by atoms with Gasteiger partial charge in [-0.25, -0.2) is 9.97 Å². The number of fused-ring (bicyclic) bond motifs is 1. The molecule has 58 heavy (non-hydrogen) atoms. The quantitative estimate of drug-likeness (QED) is 0.247. The zero-order valence-corrected chi connectivity index (χ0v) is 32.9. The molecular weight excluding hydrogens is 762 g/mol. The van der Waals surface area contributed by atoms with E-state index < -0.39 is 29.7 Å². The molecule has 5 amide bonds. The van der Waals surface area contributed by atoms with E-state index in [1.165, 1.54) is 0 Å². The summed E-state index contributed by atoms with van der Waals surface area (Å²) in [7, 11) is 0. The lowest BCUT2D eigenvalue weighted by Crippen LogP contribution is -2.54. The standard InChI is InChI=1S/C42H46ClN9O6/c43-34-20-31(5-1-26(34)21-44)58-30-6-2-27(3-7-30)48-39(54)35-22-46-37(23-45-35)51-17-11-25(12-18-51)24-50-15-13-28(14-16-50)47-29-4-8-32-33(19-29)42(57)52(41(32)56)36-9-10-38(53)49-40(36)55/h1,4-5,8,19-20,22-23,25,27-28,30,36,47H,2-3,6-7,9-18,24H2,(H,48,54)(H,49,53,55)/t27-,30-,36?. The van der Waals surface area contributed by atoms with Gasteiger partial charge in [-0.1, -0.05) is 11.6 Å². The van der Waals surface area contributed by atoms with Gasteiger partial charge in [0.05, 0.1) is 40.2 Å². The van der Waals surface area contributed by atoms with Crippen molar-refractivity contribution in [1.82, 2.24) is 30.4 Å². The molecule has 302 valence electrons. The minimum atomic E-state index is -0.979. The van der Waals surface area contributed by atoms with Gasteiger partial charge in [0, 0.05) is 63.0 Å². The van der Waals surface area contributed by atoms with Crippen LogP contribution in [0.1, 0.15) is 101 Å². The fourth-order valence-electron chi connectivity index (χ4n) is 8.80. The van der Waals surface area contributed by atoms with Crippen LogP contribution >= 0.6 is 11.6 Å². The van der Waals surface area contributed by atoms with Gasteiger partial charge in [-0.15, -0.1) is 0 Å². The highest BCUT2D eigenvalue weighted by Crippen LogP contribution is 2.32. The number of likely N-dealkylation sites (tertiary alicyclic amines) is 1. The maximum atomic E-state index is 13.2. The number of halogens is 1. The fraction of sp³-hybridized carbons (Fsp3) is 0.476. The van der Waals surface area contributed by atoms with Crippen LogP contribution in [0, 0.1) is 17.2 Å². The third kappa shape index (κ3) is 8.63. The molecular formula is C42H46ClN9O6. The number of piperidine rings is 3. The number of rotatable bonds is 10. The lowest BCUT2D eigenvalue weighted by molar-refractivity contribution is -0.136. The highest BCUT2D eigenvalue weighted by Gasteiger charge is 2.44. The van der Waals surface area contributed by atoms with E-state index in [9.17, 15) is 24.0 Å². The summed E-state index contributed by atoms with van der Waals surface area (Å²) in [5.41, 5.74) is 2.04. The number of carbonyl (C=O) groups excluding carboxylic acids is 5. The molecule has 3 N–H and O–H groups in total. The molecule has 15 nitrogen and oxygen atoms in total. The molecule has 4 fully saturated rings. The summed E-state index contributed by atoms with van der Waals surface area (Å²) in [6.07, 6.45) is 10.6. The van der Waals surface area contributed by atoms with E-state index in [0.717, 1.165) is 100 Å². The van der Waals surface area contributed by atoms with E-state index in [0.29, 0.717) is 27.9 Å². The molecule has 5 heterocycles. The number of aromatic nitrogens is 2. The van der Waals surface area contributed by atoms with E-state index >= 15 is 0 Å². The SMILES string of the molecule is N#Cc1ccc(O[C@H]2CC[C@H](NC(=O)c3cnc(N4CCC(CN5CCC(Nc6ccc7c(c6)C(=O)N(C6CCC(=O)NC6=O)C7=O)CC5)CC4)cn3)CC2)cc1Cl. The molecule has 1 unspecified atom stereocenters. The average Bonchev–Trinajstić information content (AvgIpc) is 3.47. The molecule has 5 aliphatic rings. The van der Waals surface area contributed by atoms with Crippen LogP contribution in [0.15, 0.2) is 48.8 Å². The number of imide groups is 2. The van der Waals surface area contributed by atoms with Gasteiger partial charge in [0.25, 0.3) is 17.7 Å². The van der Waals surface area contributed by atoms with Gasteiger partial charge in [-0.05, 0) is 94.0 Å². The minimum absolute atomic E-state index is 0.0207. The van der Waals surface area contributed by atoms with Crippen LogP contribution in [0.4, 0.5) is 11.5 Å². The second-order valence-corrected chi connectivity index (χ2v) is 16.3. The lowest BCUT2D eigenvalue weighted by atomic mass is 9.93. The Labute approximate surface area is 341 Å². The van der Waals surface area contributed by atoms with E-state index in [1.807, 2.05) is 6.07 Å². The number of hydrogen-bond acceptors (Lipinski definition) is 12. The fourth-order valence-corrected chi connectivity index (χ4v) is 9.02. The van der Waals surface area contributed by atoms with Crippen molar-refractivity contribution in [3.63, 3.8) is 0 Å². The number of ether oxygens (including phenoxy) is 1. The molecule has 3 saturated heterocycles. The van der Waals surface area contributed by atoms with Crippen molar-refractivity contribution in [1.29, 1.82) is 5.26 Å². The average molecular weight is 808 g/mol. The summed E-state index contributed by atoms with van der Waals surface area (Å²) in [4.78, 5) is 78.1. The van der Waals surface area contributed by atoms with Crippen molar-refractivity contribution in [2.24, 2.45) is 5.92 Å². The highest BCUT2D eigenvalue weighted by molar-refractivity contribution is 6.31. The number of hydrogen-bond donors (Lipinski definition) is 3. The van der Waals surface area contributed by atoms with Crippen LogP contribution in [0.25, 0.3) is 0 Å². The maximum absolute atomic E-state index is 13.2. The van der Waals surface area contributed by atoms with E-state index in [2.05, 4.69) is 41.8 Å². The molecule has 3 aromatic rings. The molecule has 2 aromatic carbocycles. The first-order valence-corrected chi connectivity index (χ1v) is 20.6. The Morgan fingerprint density at radius 2 is 1.62 bits per heavy atom. The van der Waals surface area contributed by atoms with Crippen LogP contribution < -0.4 is 25.6 Å². The van der Waals surface area contributed by atoms with Gasteiger partial charge < -0.3 is 25.2 Å². The van der Waals surface area contributed by atoms with E-state index in [1.54, 1.807) is 42.7 Å². The second kappa shape index (κ2) is 17.1. The van der Waals surface area contributed by atoms with Crippen molar-refractivity contribution >= 4 is 52.6 Å². The number of nitrogens with one attached hydrogen (secondary N) is 3. The van der Waals surface area contributed by atoms with Crippen LogP contribution in [-0.2, 0) is 9.59 Å². The van der Waals surface area contributed by atoms with Crippen molar-refractivity contribution in [2.45, 2.75) is 88.4 Å². The van der Waals surface area contributed by atoms with E-state index in [-0.39, 0.29) is 48.1 Å². The predicted molar refractivity (Wildman–Crippen MR) is 213 cm³/mol. The third-order valence-corrected chi connectivity index (χ3v) is 12.4. The Kier molecular flexibility index (Phi) is 11.6. The van der Waals surface area contributed by atoms with Gasteiger partial charge in [0.15, 0.2) is 0 Å². The molecule has 1 aliphatic carbocycles. The van der Waals surface area contributed by atoms with Crippen LogP contribution in [0.5, 0.6) is 5.75 Å². The molecule has 8 rings (SSSR count). The topological polar surface area (TPSA) is 190 Å². The Morgan fingerprint density at radius 3 is 2.31 bits per heavy atom. The number of benzene rings is 2. The van der Waals surface area contributed by atoms with Crippen molar-refractivity contribution < 1.29 is 28.7 Å². The predicted octanol–water partition coefficient (Wildman–Crippen LogP) is 4.32. The first-order valence-electron chi connectivity index (χ1n) is 20.2. The molecule has 0 bridgehead atoms. The van der Waals surface area contributed by atoms with Crippen LogP contribution in [-0.4, -0.2) is 106 Å². The number of nitriles is 1. The number of nitrogens with zero attached hydrogens (tertiary/aromatic N) is 6. The Hall–Kier alpha value is -5.59. The molecule has 16 heteroatoms. The molecule has 1 saturated carbocycles. The zero-order valence-electron chi connectivity index (χ0n) is 32.1. The van der Waals surface area contributed by atoms with Gasteiger partial charge in [0.2, 0.25) is 11.8 Å². The van der Waals surface area contributed by atoms with Gasteiger partial charge in [-0.3, -0.25) is 34.2 Å². The summed E-state index contributed by atoms with van der Waals surface area (Å²) in [6.45, 7) is 4.71. The van der Waals surface area contributed by atoms with Crippen molar-refractivity contribution in [3.8, 4) is 11.8 Å². The lowest BCUT2D eigenvalue weighted by Gasteiger charge is -2.38. The number of carbonyl (C=O) groups is 5. The Balaban J connectivity index is 0.736. The molecule has 1 aromatic heterocycles. The van der Waals surface area contributed by atoms with Crippen LogP contribution in [0.3, 0.4) is 0 Å². The summed E-state index contributed by atoms with van der Waals surface area (Å²) in [5.74, 6) is -0.242. The third-order valence-electron chi connectivity index (χ3n) is 12.1. The number of amides is 5. The summed E-state index contributed by atoms with van der Waals surface area (Å²) < 4.78 is 6.08. The molecule has 0 spiro atoms. The van der Waals surface area contributed by atoms with Crippen LogP contribution in [0.2, 0.25) is 5.02 Å². The minimum Gasteiger partial charge on any atom is -0.490 e. The van der Waals surface area contributed by atoms with E-state index in [4.69, 9.17) is 21.6 Å². The summed E-state index contributed by atoms with van der Waals surface area (Å²) in [6, 6.07) is 11.6. The summed E-state index contributed by atoms with van der Waals surface area (Å²) in [5, 5.41) is 18.4. The van der Waals surface area contributed by atoms with Gasteiger partial charge in [-0.2, -0.15) is 5.26 Å². The normalized spacial score (nSPS) is 23.3. The van der Waals surface area contributed by atoms with Gasteiger partial charge in [0.1, 0.15) is 29.4 Å². The van der Waals surface area contributed by atoms with Gasteiger partial charge >= 0.3 is 0 Å². The summed E-state index contributed by atoms with van der Waals surface area (Å²) >= 11 is 6.14. The first kappa shape index (κ1) is 39.2. The monoisotopic (exact) mass is 807 g/mol. The number of anilines is 2. The zero-order chi connectivity index (χ0) is 40.3. The van der Waals surface area contributed by atoms with Crippen molar-refractivity contribution in [2.75, 3.05) is 42.9 Å².